The average molecular weight is 240 g/mol. The topological polar surface area (TPSA) is 32.3 Å². The van der Waals surface area contributed by atoms with Crippen LogP contribution in [0.25, 0.3) is 0 Å². The third-order valence-electron chi connectivity index (χ3n) is 3.82. The zero-order valence-electron chi connectivity index (χ0n) is 12.1. The van der Waals surface area contributed by atoms with Crippen LogP contribution in [-0.2, 0) is 4.79 Å². The quantitative estimate of drug-likeness (QED) is 0.799. The fourth-order valence-corrected chi connectivity index (χ4v) is 2.42. The zero-order chi connectivity index (χ0) is 13.1. The fourth-order valence-electron chi connectivity index (χ4n) is 2.42. The molecule has 0 aliphatic heterocycles. The molecule has 0 aromatic heterocycles. The van der Waals surface area contributed by atoms with Gasteiger partial charge in [-0.15, -0.1) is 0 Å². The van der Waals surface area contributed by atoms with Crippen LogP contribution >= 0.6 is 0 Å². The third-order valence-corrected chi connectivity index (χ3v) is 3.82. The van der Waals surface area contributed by atoms with Gasteiger partial charge in [-0.1, -0.05) is 27.2 Å². The van der Waals surface area contributed by atoms with Crippen molar-refractivity contribution in [2.24, 2.45) is 10.8 Å². The highest BCUT2D eigenvalue weighted by molar-refractivity contribution is 5.83. The summed E-state index contributed by atoms with van der Waals surface area (Å²) in [7, 11) is 3.88. The lowest BCUT2D eigenvalue weighted by molar-refractivity contribution is -0.145. The van der Waals surface area contributed by atoms with E-state index in [-0.39, 0.29) is 5.41 Å². The molecule has 0 saturated heterocycles. The molecule has 1 amide bonds. The van der Waals surface area contributed by atoms with E-state index in [0.29, 0.717) is 11.3 Å². The molecule has 0 unspecified atom stereocenters. The van der Waals surface area contributed by atoms with E-state index in [2.05, 4.69) is 26.1 Å². The first-order valence-electron chi connectivity index (χ1n) is 6.71. The molecule has 0 spiro atoms. The molecule has 0 aromatic carbocycles. The van der Waals surface area contributed by atoms with Crippen LogP contribution in [0.15, 0.2) is 0 Å². The van der Waals surface area contributed by atoms with Crippen molar-refractivity contribution >= 4 is 5.91 Å². The highest BCUT2D eigenvalue weighted by atomic mass is 16.2. The summed E-state index contributed by atoms with van der Waals surface area (Å²) in [6.07, 6.45) is 4.35. The first kappa shape index (κ1) is 14.5. The maximum Gasteiger partial charge on any atom is 0.229 e. The number of nitrogens with zero attached hydrogens (tertiary/aromatic N) is 1. The van der Waals surface area contributed by atoms with Gasteiger partial charge in [-0.05, 0) is 31.7 Å². The minimum atomic E-state index is -0.0958. The van der Waals surface area contributed by atoms with Crippen molar-refractivity contribution < 1.29 is 4.79 Å². The number of carbonyl (C=O) groups is 1. The fraction of sp³-hybridized carbons (Fsp3) is 0.929. The standard InChI is InChI=1S/C14H28N2O/c1-13(2,3)9-10-16(5)12(17)14(11-15-4)7-6-8-14/h15H,6-11H2,1-5H3. The predicted molar refractivity (Wildman–Crippen MR) is 71.9 cm³/mol. The maximum atomic E-state index is 12.4. The zero-order valence-corrected chi connectivity index (χ0v) is 12.1. The van der Waals surface area contributed by atoms with E-state index >= 15 is 0 Å². The summed E-state index contributed by atoms with van der Waals surface area (Å²) in [6, 6.07) is 0. The summed E-state index contributed by atoms with van der Waals surface area (Å²) in [5.41, 5.74) is 0.200. The van der Waals surface area contributed by atoms with Gasteiger partial charge in [0.05, 0.1) is 5.41 Å². The summed E-state index contributed by atoms with van der Waals surface area (Å²) in [4.78, 5) is 14.4. The molecular formula is C14H28N2O. The van der Waals surface area contributed by atoms with E-state index in [1.165, 1.54) is 6.42 Å². The van der Waals surface area contributed by atoms with E-state index in [1.807, 2.05) is 19.0 Å². The Morgan fingerprint density at radius 1 is 1.35 bits per heavy atom. The Balaban J connectivity index is 2.50. The van der Waals surface area contributed by atoms with Crippen molar-refractivity contribution in [3.05, 3.63) is 0 Å². The van der Waals surface area contributed by atoms with Crippen molar-refractivity contribution in [1.82, 2.24) is 10.2 Å². The molecule has 3 nitrogen and oxygen atoms in total. The highest BCUT2D eigenvalue weighted by Gasteiger charge is 2.44. The molecule has 17 heavy (non-hydrogen) atoms. The van der Waals surface area contributed by atoms with Crippen molar-refractivity contribution in [3.63, 3.8) is 0 Å². The van der Waals surface area contributed by atoms with Crippen LogP contribution in [0.1, 0.15) is 46.5 Å². The maximum absolute atomic E-state index is 12.4. The first-order chi connectivity index (χ1) is 7.81. The van der Waals surface area contributed by atoms with Gasteiger partial charge in [-0.3, -0.25) is 4.79 Å². The molecule has 3 heteroatoms. The SMILES string of the molecule is CNCC1(C(=O)N(C)CCC(C)(C)C)CCC1. The third kappa shape index (κ3) is 3.70. The number of hydrogen-bond donors (Lipinski definition) is 1. The number of hydrogen-bond acceptors (Lipinski definition) is 2. The van der Waals surface area contributed by atoms with Crippen LogP contribution in [0.4, 0.5) is 0 Å². The van der Waals surface area contributed by atoms with Crippen LogP contribution in [0.5, 0.6) is 0 Å². The van der Waals surface area contributed by atoms with E-state index < -0.39 is 0 Å². The summed E-state index contributed by atoms with van der Waals surface area (Å²) < 4.78 is 0. The van der Waals surface area contributed by atoms with Gasteiger partial charge in [0.15, 0.2) is 0 Å². The molecule has 0 aromatic rings. The second-order valence-electron chi connectivity index (χ2n) is 6.70. The van der Waals surface area contributed by atoms with Gasteiger partial charge in [-0.2, -0.15) is 0 Å². The number of nitrogens with one attached hydrogen (secondary N) is 1. The Bertz CT molecular complexity index is 264. The van der Waals surface area contributed by atoms with Crippen LogP contribution in [0.3, 0.4) is 0 Å². The number of amides is 1. The van der Waals surface area contributed by atoms with Crippen molar-refractivity contribution in [1.29, 1.82) is 0 Å². The Morgan fingerprint density at radius 3 is 2.29 bits per heavy atom. The van der Waals surface area contributed by atoms with Gasteiger partial charge >= 0.3 is 0 Å². The van der Waals surface area contributed by atoms with Crippen molar-refractivity contribution in [2.45, 2.75) is 46.5 Å². The highest BCUT2D eigenvalue weighted by Crippen LogP contribution is 2.41. The van der Waals surface area contributed by atoms with Crippen molar-refractivity contribution in [3.8, 4) is 0 Å². The first-order valence-corrected chi connectivity index (χ1v) is 6.71. The Labute approximate surface area is 106 Å². The van der Waals surface area contributed by atoms with E-state index in [4.69, 9.17) is 0 Å². The second-order valence-corrected chi connectivity index (χ2v) is 6.70. The van der Waals surface area contributed by atoms with Crippen LogP contribution in [0.2, 0.25) is 0 Å². The van der Waals surface area contributed by atoms with Crippen LogP contribution < -0.4 is 5.32 Å². The van der Waals surface area contributed by atoms with Gasteiger partial charge < -0.3 is 10.2 Å². The van der Waals surface area contributed by atoms with Crippen LogP contribution in [-0.4, -0.2) is 38.0 Å². The van der Waals surface area contributed by atoms with Crippen molar-refractivity contribution in [2.75, 3.05) is 27.2 Å². The molecule has 1 N–H and O–H groups in total. The Kier molecular flexibility index (Phi) is 4.59. The smallest absolute Gasteiger partial charge is 0.229 e. The summed E-state index contributed by atoms with van der Waals surface area (Å²) >= 11 is 0. The van der Waals surface area contributed by atoms with Gasteiger partial charge in [0.2, 0.25) is 5.91 Å². The van der Waals surface area contributed by atoms with Crippen LogP contribution in [0, 0.1) is 10.8 Å². The molecule has 0 atom stereocenters. The monoisotopic (exact) mass is 240 g/mol. The Hall–Kier alpha value is -0.570. The molecular weight excluding hydrogens is 212 g/mol. The molecule has 1 rings (SSSR count). The average Bonchev–Trinajstić information content (AvgIpc) is 2.18. The van der Waals surface area contributed by atoms with Gasteiger partial charge in [-0.25, -0.2) is 0 Å². The van der Waals surface area contributed by atoms with Gasteiger partial charge in [0.1, 0.15) is 0 Å². The van der Waals surface area contributed by atoms with Gasteiger partial charge in [0.25, 0.3) is 0 Å². The largest absolute Gasteiger partial charge is 0.345 e. The summed E-state index contributed by atoms with van der Waals surface area (Å²) in [5.74, 6) is 0.336. The summed E-state index contributed by atoms with van der Waals surface area (Å²) in [6.45, 7) is 8.35. The van der Waals surface area contributed by atoms with E-state index in [1.54, 1.807) is 0 Å². The molecule has 1 aliphatic carbocycles. The molecule has 1 saturated carbocycles. The molecule has 0 bridgehead atoms. The normalized spacial score (nSPS) is 18.6. The predicted octanol–water partition coefficient (Wildman–Crippen LogP) is 2.27. The lowest BCUT2D eigenvalue weighted by atomic mass is 9.67. The molecule has 100 valence electrons. The summed E-state index contributed by atoms with van der Waals surface area (Å²) in [5, 5.41) is 3.17. The molecule has 1 fully saturated rings. The second kappa shape index (κ2) is 5.38. The Morgan fingerprint density at radius 2 is 1.94 bits per heavy atom. The molecule has 0 heterocycles. The molecule has 0 radical (unpaired) electrons. The minimum absolute atomic E-state index is 0.0958. The van der Waals surface area contributed by atoms with E-state index in [9.17, 15) is 4.79 Å². The minimum Gasteiger partial charge on any atom is -0.345 e. The van der Waals surface area contributed by atoms with E-state index in [0.717, 1.165) is 32.4 Å². The number of carbonyl (C=O) groups excluding carboxylic acids is 1. The number of rotatable bonds is 5. The molecule has 1 aliphatic rings. The lowest BCUT2D eigenvalue weighted by Gasteiger charge is -2.43. The lowest BCUT2D eigenvalue weighted by Crippen LogP contribution is -2.51. The van der Waals surface area contributed by atoms with Gasteiger partial charge in [0, 0.05) is 20.1 Å².